The molecule has 3 aromatic heterocycles. The summed E-state index contributed by atoms with van der Waals surface area (Å²) in [6.45, 7) is 0. The Morgan fingerprint density at radius 1 is 1.00 bits per heavy atom. The molecule has 2 aromatic carbocycles. The minimum Gasteiger partial charge on any atom is -0.298 e. The van der Waals surface area contributed by atoms with E-state index >= 15 is 0 Å². The molecule has 0 aliphatic heterocycles. The third kappa shape index (κ3) is 3.08. The van der Waals surface area contributed by atoms with Crippen molar-refractivity contribution in [1.29, 1.82) is 0 Å². The summed E-state index contributed by atoms with van der Waals surface area (Å²) in [6, 6.07) is 19.1. The van der Waals surface area contributed by atoms with Crippen molar-refractivity contribution in [2.75, 3.05) is 5.32 Å². The van der Waals surface area contributed by atoms with Crippen LogP contribution in [0.4, 0.5) is 5.13 Å². The highest BCUT2D eigenvalue weighted by Gasteiger charge is 2.12. The van der Waals surface area contributed by atoms with Crippen molar-refractivity contribution in [2.24, 2.45) is 0 Å². The Morgan fingerprint density at radius 3 is 2.64 bits per heavy atom. The van der Waals surface area contributed by atoms with Crippen LogP contribution in [-0.4, -0.2) is 25.9 Å². The van der Waals surface area contributed by atoms with Crippen molar-refractivity contribution in [3.05, 3.63) is 77.8 Å². The smallest absolute Gasteiger partial charge is 0.257 e. The molecule has 0 radical (unpaired) electrons. The molecule has 6 nitrogen and oxygen atoms in total. The number of amides is 1. The molecule has 0 unspecified atom stereocenters. The van der Waals surface area contributed by atoms with E-state index in [1.54, 1.807) is 34.3 Å². The van der Waals surface area contributed by atoms with E-state index in [-0.39, 0.29) is 5.91 Å². The highest BCUT2D eigenvalue weighted by Crippen LogP contribution is 2.27. The zero-order chi connectivity index (χ0) is 18.9. The Labute approximate surface area is 168 Å². The van der Waals surface area contributed by atoms with Crippen LogP contribution in [-0.2, 0) is 0 Å². The first-order chi connectivity index (χ1) is 13.8. The summed E-state index contributed by atoms with van der Waals surface area (Å²) in [7, 11) is 0. The minimum absolute atomic E-state index is 0.192. The summed E-state index contributed by atoms with van der Waals surface area (Å²) in [6.07, 6.45) is 1.74. The largest absolute Gasteiger partial charge is 0.298 e. The van der Waals surface area contributed by atoms with Gasteiger partial charge in [0.1, 0.15) is 5.69 Å². The number of hydrogen-bond acceptors (Lipinski definition) is 6. The van der Waals surface area contributed by atoms with Gasteiger partial charge in [-0.2, -0.15) is 0 Å². The Balaban J connectivity index is 1.38. The van der Waals surface area contributed by atoms with Gasteiger partial charge in [0.15, 0.2) is 5.13 Å². The second-order valence-electron chi connectivity index (χ2n) is 6.00. The molecule has 1 amide bonds. The molecule has 0 bridgehead atoms. The predicted molar refractivity (Wildman–Crippen MR) is 112 cm³/mol. The number of para-hydroxylation sites is 1. The molecule has 3 heterocycles. The van der Waals surface area contributed by atoms with Crippen molar-refractivity contribution >= 4 is 43.9 Å². The topological polar surface area (TPSA) is 72.7 Å². The first kappa shape index (κ1) is 16.8. The molecule has 8 heteroatoms. The number of hydrogen-bond donors (Lipinski definition) is 1. The summed E-state index contributed by atoms with van der Waals surface area (Å²) in [5, 5.41) is 13.7. The van der Waals surface area contributed by atoms with Gasteiger partial charge in [0.05, 0.1) is 27.0 Å². The maximum Gasteiger partial charge on any atom is 0.257 e. The van der Waals surface area contributed by atoms with Gasteiger partial charge in [0, 0.05) is 5.56 Å². The fraction of sp³-hybridized carbons (Fsp3) is 0. The molecule has 0 spiro atoms. The van der Waals surface area contributed by atoms with E-state index in [0.29, 0.717) is 10.7 Å². The molecule has 0 aliphatic rings. The zero-order valence-corrected chi connectivity index (χ0v) is 16.1. The van der Waals surface area contributed by atoms with Crippen molar-refractivity contribution in [3.8, 4) is 16.3 Å². The van der Waals surface area contributed by atoms with Gasteiger partial charge in [-0.1, -0.05) is 34.7 Å². The summed E-state index contributed by atoms with van der Waals surface area (Å²) < 4.78 is 2.81. The van der Waals surface area contributed by atoms with Gasteiger partial charge in [-0.3, -0.25) is 10.1 Å². The van der Waals surface area contributed by atoms with E-state index in [0.717, 1.165) is 26.5 Å². The number of nitrogens with zero attached hydrogens (tertiary/aromatic N) is 4. The number of anilines is 1. The van der Waals surface area contributed by atoms with Crippen LogP contribution >= 0.6 is 22.7 Å². The number of rotatable bonds is 4. The summed E-state index contributed by atoms with van der Waals surface area (Å²) >= 11 is 3.09. The van der Waals surface area contributed by atoms with Gasteiger partial charge in [-0.15, -0.1) is 16.4 Å². The van der Waals surface area contributed by atoms with Crippen LogP contribution in [0, 0.1) is 0 Å². The van der Waals surface area contributed by atoms with E-state index in [9.17, 15) is 4.79 Å². The number of benzene rings is 2. The van der Waals surface area contributed by atoms with Gasteiger partial charge in [0.2, 0.25) is 0 Å². The van der Waals surface area contributed by atoms with Crippen LogP contribution in [0.5, 0.6) is 0 Å². The van der Waals surface area contributed by atoms with Gasteiger partial charge in [0.25, 0.3) is 5.91 Å². The molecule has 0 atom stereocenters. The highest BCUT2D eigenvalue weighted by atomic mass is 32.1. The van der Waals surface area contributed by atoms with Gasteiger partial charge >= 0.3 is 0 Å². The fourth-order valence-electron chi connectivity index (χ4n) is 2.87. The third-order valence-corrected chi connectivity index (χ3v) is 6.06. The SMILES string of the molecule is O=C(Nc1nc2ccccc2s1)c1ccc(-n2nncc2-c2cccs2)cc1. The number of carbonyl (C=O) groups is 1. The first-order valence-electron chi connectivity index (χ1n) is 8.50. The monoisotopic (exact) mass is 403 g/mol. The summed E-state index contributed by atoms with van der Waals surface area (Å²) in [4.78, 5) is 18.1. The Bertz CT molecular complexity index is 1220. The molecule has 0 aliphatic carbocycles. The van der Waals surface area contributed by atoms with E-state index in [1.165, 1.54) is 11.3 Å². The number of thiazole rings is 1. The lowest BCUT2D eigenvalue weighted by Gasteiger charge is -2.06. The molecule has 136 valence electrons. The minimum atomic E-state index is -0.192. The Hall–Kier alpha value is -3.36. The van der Waals surface area contributed by atoms with E-state index in [1.807, 2.05) is 53.9 Å². The molecular weight excluding hydrogens is 390 g/mol. The lowest BCUT2D eigenvalue weighted by Crippen LogP contribution is -2.11. The fourth-order valence-corrected chi connectivity index (χ4v) is 4.45. The second-order valence-corrected chi connectivity index (χ2v) is 7.97. The number of aromatic nitrogens is 4. The quantitative estimate of drug-likeness (QED) is 0.465. The normalized spacial score (nSPS) is 11.0. The lowest BCUT2D eigenvalue weighted by atomic mass is 10.2. The number of fused-ring (bicyclic) bond motifs is 1. The van der Waals surface area contributed by atoms with Crippen LogP contribution in [0.1, 0.15) is 10.4 Å². The summed E-state index contributed by atoms with van der Waals surface area (Å²) in [5.74, 6) is -0.192. The highest BCUT2D eigenvalue weighted by molar-refractivity contribution is 7.22. The average Bonchev–Trinajstić information content (AvgIpc) is 3.46. The van der Waals surface area contributed by atoms with Crippen LogP contribution in [0.25, 0.3) is 26.5 Å². The molecule has 5 aromatic rings. The van der Waals surface area contributed by atoms with Crippen LogP contribution in [0.2, 0.25) is 0 Å². The molecule has 5 rings (SSSR count). The van der Waals surface area contributed by atoms with Gasteiger partial charge in [-0.05, 0) is 47.8 Å². The Kier molecular flexibility index (Phi) is 4.19. The average molecular weight is 403 g/mol. The molecule has 0 saturated heterocycles. The van der Waals surface area contributed by atoms with Gasteiger partial charge < -0.3 is 0 Å². The van der Waals surface area contributed by atoms with Crippen molar-refractivity contribution < 1.29 is 4.79 Å². The standard InChI is InChI=1S/C20H13N5OS2/c26-19(23-20-22-15-4-1-2-5-17(15)28-20)13-7-9-14(10-8-13)25-16(12-21-24-25)18-6-3-11-27-18/h1-12H,(H,22,23,26). The van der Waals surface area contributed by atoms with Crippen molar-refractivity contribution in [2.45, 2.75) is 0 Å². The van der Waals surface area contributed by atoms with Crippen LogP contribution < -0.4 is 5.32 Å². The molecular formula is C20H13N5OS2. The van der Waals surface area contributed by atoms with E-state index < -0.39 is 0 Å². The molecule has 1 N–H and O–H groups in total. The lowest BCUT2D eigenvalue weighted by molar-refractivity contribution is 0.102. The maximum absolute atomic E-state index is 12.6. The first-order valence-corrected chi connectivity index (χ1v) is 10.2. The third-order valence-electron chi connectivity index (χ3n) is 4.21. The maximum atomic E-state index is 12.6. The number of thiophene rings is 1. The molecule has 0 saturated carbocycles. The van der Waals surface area contributed by atoms with Crippen molar-refractivity contribution in [1.82, 2.24) is 20.0 Å². The Morgan fingerprint density at radius 2 is 1.86 bits per heavy atom. The summed E-state index contributed by atoms with van der Waals surface area (Å²) in [5.41, 5.74) is 3.20. The van der Waals surface area contributed by atoms with E-state index in [2.05, 4.69) is 20.6 Å². The molecule has 0 fully saturated rings. The predicted octanol–water partition coefficient (Wildman–Crippen LogP) is 4.86. The second kappa shape index (κ2) is 6.99. The molecule has 28 heavy (non-hydrogen) atoms. The van der Waals surface area contributed by atoms with Crippen LogP contribution in [0.3, 0.4) is 0 Å². The van der Waals surface area contributed by atoms with Gasteiger partial charge in [-0.25, -0.2) is 9.67 Å². The van der Waals surface area contributed by atoms with Crippen molar-refractivity contribution in [3.63, 3.8) is 0 Å². The van der Waals surface area contributed by atoms with E-state index in [4.69, 9.17) is 0 Å². The number of nitrogens with one attached hydrogen (secondary N) is 1. The zero-order valence-electron chi connectivity index (χ0n) is 14.4. The number of carbonyl (C=O) groups excluding carboxylic acids is 1. The van der Waals surface area contributed by atoms with Crippen LogP contribution in [0.15, 0.2) is 72.2 Å².